The molecule has 0 spiro atoms. The van der Waals surface area contributed by atoms with E-state index in [0.717, 1.165) is 36.5 Å². The zero-order valence-corrected chi connectivity index (χ0v) is 14.6. The average Bonchev–Trinajstić information content (AvgIpc) is 3.14. The van der Waals surface area contributed by atoms with E-state index >= 15 is 0 Å². The van der Waals surface area contributed by atoms with E-state index in [1.807, 2.05) is 28.8 Å². The molecule has 4 rings (SSSR count). The molecule has 3 aromatic heterocycles. The molecule has 1 fully saturated rings. The van der Waals surface area contributed by atoms with Crippen LogP contribution in [0.2, 0.25) is 0 Å². The number of aromatic nitrogens is 5. The molecule has 1 atom stereocenters. The van der Waals surface area contributed by atoms with Crippen molar-refractivity contribution < 1.29 is 4.79 Å². The van der Waals surface area contributed by atoms with Crippen LogP contribution in [-0.2, 0) is 7.05 Å². The first-order valence-corrected chi connectivity index (χ1v) is 8.70. The van der Waals surface area contributed by atoms with E-state index < -0.39 is 0 Å². The Morgan fingerprint density at radius 3 is 2.85 bits per heavy atom. The van der Waals surface area contributed by atoms with E-state index in [1.165, 1.54) is 0 Å². The normalized spacial score (nSPS) is 17.3. The highest BCUT2D eigenvalue weighted by molar-refractivity contribution is 5.94. The lowest BCUT2D eigenvalue weighted by Gasteiger charge is -2.32. The van der Waals surface area contributed by atoms with Crippen LogP contribution in [0.5, 0.6) is 0 Å². The topological polar surface area (TPSA) is 76.8 Å². The van der Waals surface area contributed by atoms with Gasteiger partial charge in [0.25, 0.3) is 5.91 Å². The van der Waals surface area contributed by atoms with Crippen LogP contribution < -0.4 is 0 Å². The van der Waals surface area contributed by atoms with Gasteiger partial charge in [-0.05, 0) is 25.0 Å². The van der Waals surface area contributed by atoms with Gasteiger partial charge in [-0.3, -0.25) is 14.8 Å². The molecule has 0 aromatic carbocycles. The van der Waals surface area contributed by atoms with Gasteiger partial charge in [0, 0.05) is 44.6 Å². The summed E-state index contributed by atoms with van der Waals surface area (Å²) in [6, 6.07) is 3.60. The molecule has 0 aliphatic carbocycles. The molecule has 7 heteroatoms. The lowest BCUT2D eigenvalue weighted by molar-refractivity contribution is 0.0705. The molecule has 1 aliphatic rings. The lowest BCUT2D eigenvalue weighted by Crippen LogP contribution is -2.39. The lowest BCUT2D eigenvalue weighted by atomic mass is 9.94. The quantitative estimate of drug-likeness (QED) is 0.726. The van der Waals surface area contributed by atoms with Crippen molar-refractivity contribution in [3.63, 3.8) is 0 Å². The molecule has 4 heterocycles. The van der Waals surface area contributed by atoms with Crippen molar-refractivity contribution in [2.45, 2.75) is 18.8 Å². The number of hydrogen-bond donors (Lipinski definition) is 0. The number of pyridine rings is 1. The molecule has 0 unspecified atom stereocenters. The zero-order valence-electron chi connectivity index (χ0n) is 14.6. The van der Waals surface area contributed by atoms with Gasteiger partial charge in [-0.25, -0.2) is 9.97 Å². The molecule has 3 aromatic rings. The number of imidazole rings is 1. The summed E-state index contributed by atoms with van der Waals surface area (Å²) in [4.78, 5) is 32.0. The maximum Gasteiger partial charge on any atom is 0.255 e. The highest BCUT2D eigenvalue weighted by atomic mass is 16.2. The van der Waals surface area contributed by atoms with Crippen molar-refractivity contribution in [1.29, 1.82) is 0 Å². The molecular weight excluding hydrogens is 328 g/mol. The Morgan fingerprint density at radius 1 is 1.15 bits per heavy atom. The third kappa shape index (κ3) is 3.20. The molecule has 0 saturated carbocycles. The minimum Gasteiger partial charge on any atom is -0.338 e. The highest BCUT2D eigenvalue weighted by Crippen LogP contribution is 2.27. The number of rotatable bonds is 3. The average molecular weight is 348 g/mol. The fourth-order valence-corrected chi connectivity index (χ4v) is 3.38. The van der Waals surface area contributed by atoms with Gasteiger partial charge < -0.3 is 9.47 Å². The van der Waals surface area contributed by atoms with Crippen molar-refractivity contribution >= 4 is 5.91 Å². The summed E-state index contributed by atoms with van der Waals surface area (Å²) in [7, 11) is 1.94. The van der Waals surface area contributed by atoms with Gasteiger partial charge in [-0.15, -0.1) is 0 Å². The monoisotopic (exact) mass is 348 g/mol. The van der Waals surface area contributed by atoms with Gasteiger partial charge >= 0.3 is 0 Å². The Morgan fingerprint density at radius 2 is 2.08 bits per heavy atom. The number of carbonyl (C=O) groups excluding carboxylic acids is 1. The molecule has 0 N–H and O–H groups in total. The number of carbonyl (C=O) groups is 1. The fraction of sp³-hybridized carbons (Fsp3) is 0.316. The molecule has 26 heavy (non-hydrogen) atoms. The van der Waals surface area contributed by atoms with Gasteiger partial charge in [0.1, 0.15) is 5.69 Å². The van der Waals surface area contributed by atoms with Crippen LogP contribution in [0.15, 0.2) is 49.4 Å². The van der Waals surface area contributed by atoms with Crippen LogP contribution in [0.25, 0.3) is 11.4 Å². The summed E-state index contributed by atoms with van der Waals surface area (Å²) in [6.07, 6.45) is 12.3. The minimum absolute atomic E-state index is 0.0264. The number of hydrogen-bond acceptors (Lipinski definition) is 5. The predicted octanol–water partition coefficient (Wildman–Crippen LogP) is 2.29. The minimum atomic E-state index is 0.0264. The maximum absolute atomic E-state index is 12.7. The molecule has 1 saturated heterocycles. The number of amides is 1. The van der Waals surface area contributed by atoms with Gasteiger partial charge in [0.05, 0.1) is 35.7 Å². The smallest absolute Gasteiger partial charge is 0.255 e. The standard InChI is InChI=1S/C19H20N6O/c1-24-13-22-11-18(24)17-10-21-9-16(23-17)15-5-3-7-25(12-15)19(26)14-4-2-6-20-8-14/h2,4,6,8-11,13,15H,3,5,7,12H2,1H3/t15-/m0/s1. The third-order valence-corrected chi connectivity index (χ3v) is 4.77. The molecular formula is C19H20N6O. The first-order valence-electron chi connectivity index (χ1n) is 8.70. The summed E-state index contributed by atoms with van der Waals surface area (Å²) in [6.45, 7) is 1.41. The van der Waals surface area contributed by atoms with Crippen LogP contribution in [0.3, 0.4) is 0 Å². The van der Waals surface area contributed by atoms with Gasteiger partial charge in [-0.2, -0.15) is 0 Å². The van der Waals surface area contributed by atoms with Crippen molar-refractivity contribution in [3.05, 3.63) is 60.7 Å². The molecule has 7 nitrogen and oxygen atoms in total. The van der Waals surface area contributed by atoms with Crippen molar-refractivity contribution in [3.8, 4) is 11.4 Å². The van der Waals surface area contributed by atoms with E-state index in [9.17, 15) is 4.79 Å². The summed E-state index contributed by atoms with van der Waals surface area (Å²) in [5, 5.41) is 0. The van der Waals surface area contributed by atoms with Crippen LogP contribution in [0.1, 0.15) is 34.8 Å². The molecule has 1 aliphatic heterocycles. The Balaban J connectivity index is 1.55. The zero-order chi connectivity index (χ0) is 17.9. The Hall–Kier alpha value is -3.09. The Bertz CT molecular complexity index is 907. The summed E-state index contributed by atoms with van der Waals surface area (Å²) >= 11 is 0. The van der Waals surface area contributed by atoms with Crippen LogP contribution in [0.4, 0.5) is 0 Å². The van der Waals surface area contributed by atoms with E-state index in [0.29, 0.717) is 12.1 Å². The summed E-state index contributed by atoms with van der Waals surface area (Å²) in [5.41, 5.74) is 3.28. The second-order valence-electron chi connectivity index (χ2n) is 6.55. The number of likely N-dealkylation sites (tertiary alicyclic amines) is 1. The molecule has 0 radical (unpaired) electrons. The number of aryl methyl sites for hydroxylation is 1. The largest absolute Gasteiger partial charge is 0.338 e. The van der Waals surface area contributed by atoms with Gasteiger partial charge in [0.2, 0.25) is 0 Å². The predicted molar refractivity (Wildman–Crippen MR) is 96.3 cm³/mol. The first kappa shape index (κ1) is 16.4. The van der Waals surface area contributed by atoms with Crippen LogP contribution >= 0.6 is 0 Å². The number of nitrogens with zero attached hydrogens (tertiary/aromatic N) is 6. The van der Waals surface area contributed by atoms with E-state index in [2.05, 4.69) is 15.0 Å². The van der Waals surface area contributed by atoms with E-state index in [4.69, 9.17) is 4.98 Å². The maximum atomic E-state index is 12.7. The van der Waals surface area contributed by atoms with Crippen molar-refractivity contribution in [2.24, 2.45) is 7.05 Å². The third-order valence-electron chi connectivity index (χ3n) is 4.77. The van der Waals surface area contributed by atoms with E-state index in [1.54, 1.807) is 37.2 Å². The number of piperidine rings is 1. The van der Waals surface area contributed by atoms with Gasteiger partial charge in [-0.1, -0.05) is 0 Å². The fourth-order valence-electron chi connectivity index (χ4n) is 3.38. The van der Waals surface area contributed by atoms with Gasteiger partial charge in [0.15, 0.2) is 0 Å². The molecule has 132 valence electrons. The molecule has 1 amide bonds. The summed E-state index contributed by atoms with van der Waals surface area (Å²) in [5.74, 6) is 0.212. The van der Waals surface area contributed by atoms with Crippen molar-refractivity contribution in [1.82, 2.24) is 29.4 Å². The summed E-state index contributed by atoms with van der Waals surface area (Å²) < 4.78 is 1.92. The highest BCUT2D eigenvalue weighted by Gasteiger charge is 2.27. The van der Waals surface area contributed by atoms with E-state index in [-0.39, 0.29) is 11.8 Å². The van der Waals surface area contributed by atoms with Crippen molar-refractivity contribution in [2.75, 3.05) is 13.1 Å². The second-order valence-corrected chi connectivity index (χ2v) is 6.55. The Labute approximate surface area is 151 Å². The SMILES string of the molecule is Cn1cncc1-c1cncc([C@H]2CCCN(C(=O)c3cccnc3)C2)n1. The Kier molecular flexibility index (Phi) is 4.43. The second kappa shape index (κ2) is 7.03. The van der Waals surface area contributed by atoms with Crippen LogP contribution in [0, 0.1) is 0 Å². The first-order chi connectivity index (χ1) is 12.7. The molecule has 0 bridgehead atoms. The van der Waals surface area contributed by atoms with Crippen LogP contribution in [-0.4, -0.2) is 48.4 Å².